The molecule has 2 N–H and O–H groups in total. The molecule has 0 radical (unpaired) electrons. The number of carbonyl (C=O) groups is 2. The molecule has 0 aliphatic rings. The molecular weight excluding hydrogens is 270 g/mol. The lowest BCUT2D eigenvalue weighted by Gasteiger charge is -2.07. The van der Waals surface area contributed by atoms with Gasteiger partial charge in [-0.2, -0.15) is 0 Å². The maximum Gasteiger partial charge on any atom is 0.339 e. The van der Waals surface area contributed by atoms with Crippen molar-refractivity contribution in [3.05, 3.63) is 58.5 Å². The first-order chi connectivity index (χ1) is 10.0. The second-order valence-electron chi connectivity index (χ2n) is 4.68. The van der Waals surface area contributed by atoms with Gasteiger partial charge in [-0.05, 0) is 31.0 Å². The molecule has 1 aromatic heterocycles. The number of amides is 1. The first kappa shape index (κ1) is 14.8. The van der Waals surface area contributed by atoms with Gasteiger partial charge in [0.15, 0.2) is 0 Å². The highest BCUT2D eigenvalue weighted by molar-refractivity contribution is 5.95. The van der Waals surface area contributed by atoms with Crippen LogP contribution in [0.5, 0.6) is 0 Å². The van der Waals surface area contributed by atoms with Gasteiger partial charge in [-0.15, -0.1) is 0 Å². The van der Waals surface area contributed by atoms with Crippen molar-refractivity contribution in [1.29, 1.82) is 0 Å². The van der Waals surface area contributed by atoms with Crippen LogP contribution in [0, 0.1) is 6.92 Å². The molecule has 5 nitrogen and oxygen atoms in total. The van der Waals surface area contributed by atoms with Crippen LogP contribution in [0.2, 0.25) is 0 Å². The van der Waals surface area contributed by atoms with Crippen LogP contribution in [-0.2, 0) is 13.0 Å². The van der Waals surface area contributed by atoms with Gasteiger partial charge in [-0.1, -0.05) is 25.1 Å². The molecule has 0 spiro atoms. The fourth-order valence-corrected chi connectivity index (χ4v) is 2.16. The number of nitrogens with one attached hydrogen (secondary N) is 1. The third-order valence-electron chi connectivity index (χ3n) is 3.27. The molecule has 2 rings (SSSR count). The Morgan fingerprint density at radius 3 is 2.57 bits per heavy atom. The molecule has 1 aromatic carbocycles. The van der Waals surface area contributed by atoms with Crippen molar-refractivity contribution < 1.29 is 19.1 Å². The highest BCUT2D eigenvalue weighted by atomic mass is 16.4. The number of carboxylic acids is 1. The van der Waals surface area contributed by atoms with Crippen LogP contribution < -0.4 is 5.32 Å². The van der Waals surface area contributed by atoms with E-state index in [-0.39, 0.29) is 18.0 Å². The molecule has 0 aliphatic heterocycles. The summed E-state index contributed by atoms with van der Waals surface area (Å²) < 4.78 is 5.32. The predicted molar refractivity (Wildman–Crippen MR) is 77.4 cm³/mol. The summed E-state index contributed by atoms with van der Waals surface area (Å²) in [7, 11) is 0. The molecule has 1 heterocycles. The SMILES string of the molecule is CCc1ccccc1C(=O)NCc1cc(C(=O)O)c(C)o1. The second kappa shape index (κ2) is 6.26. The van der Waals surface area contributed by atoms with E-state index < -0.39 is 5.97 Å². The smallest absolute Gasteiger partial charge is 0.339 e. The maximum atomic E-state index is 12.2. The van der Waals surface area contributed by atoms with Gasteiger partial charge in [0.05, 0.1) is 6.54 Å². The first-order valence-corrected chi connectivity index (χ1v) is 6.71. The molecule has 0 saturated heterocycles. The summed E-state index contributed by atoms with van der Waals surface area (Å²) in [6.07, 6.45) is 0.770. The van der Waals surface area contributed by atoms with Gasteiger partial charge in [0.1, 0.15) is 17.1 Å². The quantitative estimate of drug-likeness (QED) is 0.886. The van der Waals surface area contributed by atoms with Gasteiger partial charge in [0, 0.05) is 5.56 Å². The van der Waals surface area contributed by atoms with E-state index in [0.29, 0.717) is 17.1 Å². The lowest BCUT2D eigenvalue weighted by atomic mass is 10.0. The molecule has 0 saturated carbocycles. The Hall–Kier alpha value is -2.56. The van der Waals surface area contributed by atoms with Crippen molar-refractivity contribution >= 4 is 11.9 Å². The molecule has 0 atom stereocenters. The normalized spacial score (nSPS) is 10.4. The molecule has 0 bridgehead atoms. The summed E-state index contributed by atoms with van der Waals surface area (Å²) in [5.74, 6) is -0.475. The average Bonchev–Trinajstić information content (AvgIpc) is 2.86. The minimum atomic E-state index is -1.04. The summed E-state index contributed by atoms with van der Waals surface area (Å²) in [5, 5.41) is 11.7. The summed E-state index contributed by atoms with van der Waals surface area (Å²) in [5.41, 5.74) is 1.71. The van der Waals surface area contributed by atoms with Crippen molar-refractivity contribution in [1.82, 2.24) is 5.32 Å². The fraction of sp³-hybridized carbons (Fsp3) is 0.250. The number of carboxylic acid groups (broad SMARTS) is 1. The van der Waals surface area contributed by atoms with Crippen molar-refractivity contribution in [2.24, 2.45) is 0 Å². The van der Waals surface area contributed by atoms with E-state index in [0.717, 1.165) is 12.0 Å². The Morgan fingerprint density at radius 2 is 1.95 bits per heavy atom. The Morgan fingerprint density at radius 1 is 1.24 bits per heavy atom. The number of rotatable bonds is 5. The van der Waals surface area contributed by atoms with E-state index in [1.807, 2.05) is 25.1 Å². The average molecular weight is 287 g/mol. The van der Waals surface area contributed by atoms with E-state index in [1.165, 1.54) is 6.07 Å². The molecule has 5 heteroatoms. The zero-order chi connectivity index (χ0) is 15.4. The van der Waals surface area contributed by atoms with Gasteiger partial charge in [-0.3, -0.25) is 4.79 Å². The van der Waals surface area contributed by atoms with Crippen LogP contribution in [0.15, 0.2) is 34.7 Å². The van der Waals surface area contributed by atoms with Gasteiger partial charge in [-0.25, -0.2) is 4.79 Å². The number of benzene rings is 1. The van der Waals surface area contributed by atoms with Gasteiger partial charge in [0.25, 0.3) is 5.91 Å². The number of aromatic carboxylic acids is 1. The molecule has 0 unspecified atom stereocenters. The van der Waals surface area contributed by atoms with Crippen molar-refractivity contribution in [2.45, 2.75) is 26.8 Å². The standard InChI is InChI=1S/C16H17NO4/c1-3-11-6-4-5-7-13(11)15(18)17-9-12-8-14(16(19)20)10(2)21-12/h4-8H,3,9H2,1-2H3,(H,17,18)(H,19,20). The number of hydrogen-bond donors (Lipinski definition) is 2. The van der Waals surface area contributed by atoms with Crippen LogP contribution in [0.1, 0.15) is 44.7 Å². The largest absolute Gasteiger partial charge is 0.478 e. The second-order valence-corrected chi connectivity index (χ2v) is 4.68. The van der Waals surface area contributed by atoms with E-state index in [4.69, 9.17) is 9.52 Å². The molecule has 2 aromatic rings. The Labute approximate surface area is 122 Å². The lowest BCUT2D eigenvalue weighted by molar-refractivity contribution is 0.0694. The molecule has 0 aliphatic carbocycles. The van der Waals surface area contributed by atoms with Crippen LogP contribution in [0.4, 0.5) is 0 Å². The van der Waals surface area contributed by atoms with Crippen LogP contribution in [-0.4, -0.2) is 17.0 Å². The molecule has 0 fully saturated rings. The maximum absolute atomic E-state index is 12.2. The molecule has 1 amide bonds. The first-order valence-electron chi connectivity index (χ1n) is 6.71. The predicted octanol–water partition coefficient (Wildman–Crippen LogP) is 2.78. The number of aryl methyl sites for hydroxylation is 2. The highest BCUT2D eigenvalue weighted by Gasteiger charge is 2.15. The summed E-state index contributed by atoms with van der Waals surface area (Å²) >= 11 is 0. The number of carbonyl (C=O) groups excluding carboxylic acids is 1. The van der Waals surface area contributed by atoms with Gasteiger partial charge in [0.2, 0.25) is 0 Å². The highest BCUT2D eigenvalue weighted by Crippen LogP contribution is 2.15. The zero-order valence-electron chi connectivity index (χ0n) is 12.0. The fourth-order valence-electron chi connectivity index (χ4n) is 2.16. The van der Waals surface area contributed by atoms with E-state index in [1.54, 1.807) is 13.0 Å². The Balaban J connectivity index is 2.07. The monoisotopic (exact) mass is 287 g/mol. The minimum Gasteiger partial charge on any atom is -0.478 e. The summed E-state index contributed by atoms with van der Waals surface area (Å²) in [6.45, 7) is 3.73. The van der Waals surface area contributed by atoms with Crippen molar-refractivity contribution in [3.63, 3.8) is 0 Å². The minimum absolute atomic E-state index is 0.119. The zero-order valence-corrected chi connectivity index (χ0v) is 12.0. The summed E-state index contributed by atoms with van der Waals surface area (Å²) in [6, 6.07) is 8.82. The number of furan rings is 1. The van der Waals surface area contributed by atoms with Gasteiger partial charge < -0.3 is 14.8 Å². The topological polar surface area (TPSA) is 79.5 Å². The molecule has 21 heavy (non-hydrogen) atoms. The Kier molecular flexibility index (Phi) is 4.42. The third kappa shape index (κ3) is 3.31. The van der Waals surface area contributed by atoms with Crippen LogP contribution in [0.3, 0.4) is 0 Å². The Bertz CT molecular complexity index is 673. The van der Waals surface area contributed by atoms with Crippen molar-refractivity contribution in [2.75, 3.05) is 0 Å². The van der Waals surface area contributed by atoms with Crippen LogP contribution >= 0.6 is 0 Å². The van der Waals surface area contributed by atoms with E-state index in [9.17, 15) is 9.59 Å². The van der Waals surface area contributed by atoms with Gasteiger partial charge >= 0.3 is 5.97 Å². The van der Waals surface area contributed by atoms with E-state index >= 15 is 0 Å². The molecular formula is C16H17NO4. The van der Waals surface area contributed by atoms with Crippen molar-refractivity contribution in [3.8, 4) is 0 Å². The van der Waals surface area contributed by atoms with Crippen LogP contribution in [0.25, 0.3) is 0 Å². The third-order valence-corrected chi connectivity index (χ3v) is 3.27. The number of hydrogen-bond acceptors (Lipinski definition) is 3. The van der Waals surface area contributed by atoms with E-state index in [2.05, 4.69) is 5.32 Å². The lowest BCUT2D eigenvalue weighted by Crippen LogP contribution is -2.23. The molecule has 110 valence electrons. The summed E-state index contributed by atoms with van der Waals surface area (Å²) in [4.78, 5) is 23.1.